The highest BCUT2D eigenvalue weighted by atomic mass is 32.1. The van der Waals surface area contributed by atoms with E-state index in [-0.39, 0.29) is 5.41 Å². The lowest BCUT2D eigenvalue weighted by Crippen LogP contribution is -2.25. The van der Waals surface area contributed by atoms with Crippen molar-refractivity contribution in [3.05, 3.63) is 156 Å². The van der Waals surface area contributed by atoms with E-state index in [1.54, 1.807) is 0 Å². The minimum atomic E-state index is -0.297. The van der Waals surface area contributed by atoms with Crippen LogP contribution in [0.3, 0.4) is 0 Å². The third kappa shape index (κ3) is 2.41. The Labute approximate surface area is 225 Å². The summed E-state index contributed by atoms with van der Waals surface area (Å²) in [7, 11) is 0. The van der Waals surface area contributed by atoms with Crippen LogP contribution in [0.25, 0.3) is 53.6 Å². The Morgan fingerprint density at radius 2 is 0.947 bits per heavy atom. The van der Waals surface area contributed by atoms with E-state index in [2.05, 4.69) is 133 Å². The van der Waals surface area contributed by atoms with Crippen LogP contribution in [-0.2, 0) is 5.41 Å². The van der Waals surface area contributed by atoms with Crippen molar-refractivity contribution in [2.24, 2.45) is 0 Å². The second-order valence-electron chi connectivity index (χ2n) is 10.4. The Morgan fingerprint density at radius 3 is 1.71 bits per heavy atom. The number of fused-ring (bicyclic) bond motifs is 13. The quantitative estimate of drug-likeness (QED) is 0.211. The van der Waals surface area contributed by atoms with Crippen molar-refractivity contribution in [1.82, 2.24) is 0 Å². The Balaban J connectivity index is 1.40. The molecule has 0 amide bonds. The van der Waals surface area contributed by atoms with Crippen LogP contribution < -0.4 is 0 Å². The lowest BCUT2D eigenvalue weighted by atomic mass is 9.70. The van der Waals surface area contributed by atoms with Gasteiger partial charge in [0.1, 0.15) is 0 Å². The third-order valence-electron chi connectivity index (χ3n) is 8.71. The summed E-state index contributed by atoms with van der Waals surface area (Å²) in [4.78, 5) is 0. The molecule has 0 fully saturated rings. The zero-order chi connectivity index (χ0) is 24.8. The van der Waals surface area contributed by atoms with Crippen LogP contribution >= 0.6 is 11.3 Å². The summed E-state index contributed by atoms with van der Waals surface area (Å²) in [6, 6.07) is 49.9. The molecular formula is C37H22S. The highest BCUT2D eigenvalue weighted by Gasteiger charge is 2.51. The number of hydrogen-bond acceptors (Lipinski definition) is 1. The molecule has 6 aromatic carbocycles. The van der Waals surface area contributed by atoms with Gasteiger partial charge in [0.25, 0.3) is 0 Å². The summed E-state index contributed by atoms with van der Waals surface area (Å²) in [6.07, 6.45) is 0. The standard InChI is InChI=1S/C37H22S/c1-5-15-30-25(10-1)26-11-2-6-16-31(26)37(30)32-17-7-3-13-28(32)36-24(14-9-18-33(36)37)23-20-21-35-29(22-23)27-12-4-8-19-34(27)38-35/h1-22H. The fourth-order valence-corrected chi connectivity index (χ4v) is 8.36. The van der Waals surface area contributed by atoms with Crippen molar-refractivity contribution in [2.75, 3.05) is 0 Å². The molecule has 1 heteroatoms. The fourth-order valence-electron chi connectivity index (χ4n) is 7.28. The summed E-state index contributed by atoms with van der Waals surface area (Å²) in [5.74, 6) is 0. The fraction of sp³-hybridized carbons (Fsp3) is 0.0270. The molecule has 0 radical (unpaired) electrons. The minimum absolute atomic E-state index is 0.297. The molecule has 1 heterocycles. The van der Waals surface area contributed by atoms with E-state index in [0.717, 1.165) is 0 Å². The van der Waals surface area contributed by atoms with E-state index < -0.39 is 0 Å². The summed E-state index contributed by atoms with van der Waals surface area (Å²) in [6.45, 7) is 0. The first-order valence-corrected chi connectivity index (χ1v) is 14.0. The molecule has 2 aliphatic carbocycles. The van der Waals surface area contributed by atoms with E-state index in [1.807, 2.05) is 11.3 Å². The predicted octanol–water partition coefficient (Wildman–Crippen LogP) is 10.1. The van der Waals surface area contributed by atoms with Crippen LogP contribution in [0, 0.1) is 0 Å². The van der Waals surface area contributed by atoms with E-state index >= 15 is 0 Å². The average Bonchev–Trinajstić information content (AvgIpc) is 3.61. The van der Waals surface area contributed by atoms with Gasteiger partial charge in [-0.2, -0.15) is 0 Å². The maximum Gasteiger partial charge on any atom is 0.0725 e. The monoisotopic (exact) mass is 498 g/mol. The Hall–Kier alpha value is -4.46. The second-order valence-corrected chi connectivity index (χ2v) is 11.5. The number of hydrogen-bond donors (Lipinski definition) is 0. The molecule has 1 spiro atoms. The van der Waals surface area contributed by atoms with Crippen molar-refractivity contribution in [3.63, 3.8) is 0 Å². The maximum atomic E-state index is 2.41. The van der Waals surface area contributed by atoms with Gasteiger partial charge >= 0.3 is 0 Å². The van der Waals surface area contributed by atoms with Crippen molar-refractivity contribution >= 4 is 31.5 Å². The van der Waals surface area contributed by atoms with E-state index in [9.17, 15) is 0 Å². The first kappa shape index (κ1) is 20.6. The highest BCUT2D eigenvalue weighted by Crippen LogP contribution is 2.63. The molecule has 176 valence electrons. The molecule has 38 heavy (non-hydrogen) atoms. The minimum Gasteiger partial charge on any atom is -0.135 e. The third-order valence-corrected chi connectivity index (χ3v) is 9.86. The van der Waals surface area contributed by atoms with E-state index in [1.165, 1.54) is 75.8 Å². The highest BCUT2D eigenvalue weighted by molar-refractivity contribution is 7.25. The van der Waals surface area contributed by atoms with Gasteiger partial charge in [0.05, 0.1) is 5.41 Å². The number of rotatable bonds is 1. The molecule has 2 aliphatic rings. The molecule has 0 aliphatic heterocycles. The topological polar surface area (TPSA) is 0 Å². The smallest absolute Gasteiger partial charge is 0.0725 e. The van der Waals surface area contributed by atoms with E-state index in [4.69, 9.17) is 0 Å². The van der Waals surface area contributed by atoms with Gasteiger partial charge in [-0.1, -0.05) is 115 Å². The molecule has 0 nitrogen and oxygen atoms in total. The molecule has 7 aromatic rings. The Morgan fingerprint density at radius 1 is 0.395 bits per heavy atom. The molecule has 0 bridgehead atoms. The summed E-state index contributed by atoms with van der Waals surface area (Å²) < 4.78 is 2.69. The zero-order valence-electron chi connectivity index (χ0n) is 20.6. The number of benzene rings is 6. The molecular weight excluding hydrogens is 476 g/mol. The van der Waals surface area contributed by atoms with Gasteiger partial charge in [-0.15, -0.1) is 11.3 Å². The normalized spacial score (nSPS) is 14.0. The summed E-state index contributed by atoms with van der Waals surface area (Å²) in [5.41, 5.74) is 13.3. The largest absolute Gasteiger partial charge is 0.135 e. The molecule has 0 saturated carbocycles. The van der Waals surface area contributed by atoms with Gasteiger partial charge in [-0.05, 0) is 73.8 Å². The lowest BCUT2D eigenvalue weighted by molar-refractivity contribution is 0.794. The van der Waals surface area contributed by atoms with Crippen molar-refractivity contribution in [1.29, 1.82) is 0 Å². The van der Waals surface area contributed by atoms with Gasteiger partial charge in [0.15, 0.2) is 0 Å². The van der Waals surface area contributed by atoms with Crippen molar-refractivity contribution in [2.45, 2.75) is 5.41 Å². The van der Waals surface area contributed by atoms with Gasteiger partial charge in [0, 0.05) is 20.2 Å². The molecule has 0 atom stereocenters. The van der Waals surface area contributed by atoms with Crippen LogP contribution in [0.15, 0.2) is 133 Å². The van der Waals surface area contributed by atoms with Crippen molar-refractivity contribution < 1.29 is 0 Å². The van der Waals surface area contributed by atoms with Crippen LogP contribution in [-0.4, -0.2) is 0 Å². The Bertz CT molecular complexity index is 2050. The second kappa shape index (κ2) is 7.31. The van der Waals surface area contributed by atoms with Crippen LogP contribution in [0.2, 0.25) is 0 Å². The van der Waals surface area contributed by atoms with E-state index in [0.29, 0.717) is 0 Å². The lowest BCUT2D eigenvalue weighted by Gasteiger charge is -2.30. The van der Waals surface area contributed by atoms with Crippen LogP contribution in [0.1, 0.15) is 22.3 Å². The maximum absolute atomic E-state index is 2.41. The molecule has 1 aromatic heterocycles. The average molecular weight is 499 g/mol. The molecule has 9 rings (SSSR count). The first-order chi connectivity index (χ1) is 18.9. The summed E-state index contributed by atoms with van der Waals surface area (Å²) in [5, 5.41) is 2.69. The predicted molar refractivity (Wildman–Crippen MR) is 161 cm³/mol. The van der Waals surface area contributed by atoms with Crippen LogP contribution in [0.4, 0.5) is 0 Å². The van der Waals surface area contributed by atoms with Crippen LogP contribution in [0.5, 0.6) is 0 Å². The SMILES string of the molecule is c1ccc2c(c1)-c1ccccc1C21c2ccccc2-c2c(-c3ccc4sc5ccccc5c4c3)cccc21. The van der Waals surface area contributed by atoms with Gasteiger partial charge in [-0.3, -0.25) is 0 Å². The van der Waals surface area contributed by atoms with Gasteiger partial charge < -0.3 is 0 Å². The molecule has 0 saturated heterocycles. The van der Waals surface area contributed by atoms with Gasteiger partial charge in [-0.25, -0.2) is 0 Å². The number of thiophene rings is 1. The molecule has 0 N–H and O–H groups in total. The Kier molecular flexibility index (Phi) is 3.96. The first-order valence-electron chi connectivity index (χ1n) is 13.2. The van der Waals surface area contributed by atoms with Gasteiger partial charge in [0.2, 0.25) is 0 Å². The molecule has 0 unspecified atom stereocenters. The van der Waals surface area contributed by atoms with Crippen molar-refractivity contribution in [3.8, 4) is 33.4 Å². The summed E-state index contributed by atoms with van der Waals surface area (Å²) >= 11 is 1.88. The zero-order valence-corrected chi connectivity index (χ0v) is 21.4.